The predicted molar refractivity (Wildman–Crippen MR) is 29.8 cm³/mol. The summed E-state index contributed by atoms with van der Waals surface area (Å²) in [5.41, 5.74) is 0.625. The molecule has 0 radical (unpaired) electrons. The third-order valence-electron chi connectivity index (χ3n) is 0.824. The molecular weight excluding hydrogens is 154 g/mol. The summed E-state index contributed by atoms with van der Waals surface area (Å²) >= 11 is 0. The van der Waals surface area contributed by atoms with Crippen molar-refractivity contribution in [3.8, 4) is 0 Å². The van der Waals surface area contributed by atoms with Crippen LogP contribution in [0.5, 0.6) is 0 Å². The molecule has 2 N–H and O–H groups in total. The second-order valence-corrected chi connectivity index (χ2v) is 1.37. The van der Waals surface area contributed by atoms with Crippen molar-refractivity contribution in [3.63, 3.8) is 0 Å². The molecule has 0 aromatic rings. The van der Waals surface area contributed by atoms with E-state index >= 15 is 0 Å². The van der Waals surface area contributed by atoms with Gasteiger partial charge in [0.1, 0.15) is 11.4 Å². The molecule has 0 fully saturated rings. The van der Waals surface area contributed by atoms with Gasteiger partial charge in [-0.05, 0) is 13.8 Å². The van der Waals surface area contributed by atoms with Crippen LogP contribution in [0.1, 0.15) is 13.8 Å². The van der Waals surface area contributed by atoms with Gasteiger partial charge in [-0.25, -0.2) is 0 Å². The van der Waals surface area contributed by atoms with Crippen molar-refractivity contribution < 1.29 is 69.5 Å². The van der Waals surface area contributed by atoms with Gasteiger partial charge >= 0.3 is 59.1 Å². The van der Waals surface area contributed by atoms with Crippen LogP contribution in [0, 0.1) is 0 Å². The maximum Gasteiger partial charge on any atom is 1.00 e. The van der Waals surface area contributed by atoms with Crippen LogP contribution in [0.15, 0.2) is 10.3 Å². The molecule has 0 saturated carbocycles. The van der Waals surface area contributed by atoms with E-state index in [-0.39, 0.29) is 59.1 Å². The Balaban J connectivity index is -0.000000245. The van der Waals surface area contributed by atoms with Crippen molar-refractivity contribution >= 4 is 11.4 Å². The molecule has 0 atom stereocenters. The van der Waals surface area contributed by atoms with Gasteiger partial charge in [0, 0.05) is 0 Å². The fourth-order valence-corrected chi connectivity index (χ4v) is 0.145. The van der Waals surface area contributed by atoms with E-state index in [9.17, 15) is 0 Å². The van der Waals surface area contributed by atoms with Crippen molar-refractivity contribution in [1.29, 1.82) is 0 Å². The third kappa shape index (κ3) is 7.05. The molecule has 0 aromatic heterocycles. The SMILES string of the molecule is CC(=NO)C(C)=NO.[Na+].[Na+]. The van der Waals surface area contributed by atoms with Crippen molar-refractivity contribution in [3.05, 3.63) is 0 Å². The smallest absolute Gasteiger partial charge is 0.411 e. The maximum atomic E-state index is 8.03. The first-order valence-electron chi connectivity index (χ1n) is 2.10. The zero-order chi connectivity index (χ0) is 6.57. The van der Waals surface area contributed by atoms with Crippen LogP contribution < -0.4 is 59.1 Å². The van der Waals surface area contributed by atoms with Gasteiger partial charge in [0.15, 0.2) is 0 Å². The zero-order valence-corrected chi connectivity index (χ0v) is 10.8. The van der Waals surface area contributed by atoms with Crippen molar-refractivity contribution in [1.82, 2.24) is 0 Å². The van der Waals surface area contributed by atoms with Crippen molar-refractivity contribution in [2.24, 2.45) is 10.3 Å². The summed E-state index contributed by atoms with van der Waals surface area (Å²) in [6.07, 6.45) is 0. The topological polar surface area (TPSA) is 65.2 Å². The summed E-state index contributed by atoms with van der Waals surface area (Å²) in [4.78, 5) is 0. The Morgan fingerprint density at radius 3 is 1.20 bits per heavy atom. The second kappa shape index (κ2) is 9.94. The van der Waals surface area contributed by atoms with Gasteiger partial charge < -0.3 is 10.4 Å². The Hall–Kier alpha value is 0.940. The third-order valence-corrected chi connectivity index (χ3v) is 0.824. The number of hydrogen-bond acceptors (Lipinski definition) is 4. The van der Waals surface area contributed by atoms with Crippen LogP contribution in [0.2, 0.25) is 0 Å². The fourth-order valence-electron chi connectivity index (χ4n) is 0.145. The molecule has 0 rings (SSSR count). The Bertz CT molecular complexity index is 119. The molecule has 0 heterocycles. The van der Waals surface area contributed by atoms with E-state index in [1.165, 1.54) is 13.8 Å². The van der Waals surface area contributed by atoms with Crippen LogP contribution in [-0.4, -0.2) is 21.8 Å². The molecule has 0 aliphatic rings. The number of oxime groups is 2. The zero-order valence-electron chi connectivity index (χ0n) is 6.79. The van der Waals surface area contributed by atoms with Gasteiger partial charge in [-0.1, -0.05) is 10.3 Å². The van der Waals surface area contributed by atoms with Gasteiger partial charge in [0.05, 0.1) is 0 Å². The number of nitrogens with zero attached hydrogens (tertiary/aromatic N) is 2. The van der Waals surface area contributed by atoms with Gasteiger partial charge in [0.2, 0.25) is 0 Å². The van der Waals surface area contributed by atoms with Crippen molar-refractivity contribution in [2.45, 2.75) is 13.8 Å². The monoisotopic (exact) mass is 162 g/mol. The average Bonchev–Trinajstić information content (AvgIpc) is 1.84. The van der Waals surface area contributed by atoms with E-state index in [1.54, 1.807) is 0 Å². The Labute approximate surface area is 104 Å². The normalized spacial score (nSPS) is 11.4. The summed E-state index contributed by atoms with van der Waals surface area (Å²) in [5.74, 6) is 0. The van der Waals surface area contributed by atoms with E-state index in [0.717, 1.165) is 0 Å². The molecular formula is C4H8N2Na2O2+2. The summed E-state index contributed by atoms with van der Waals surface area (Å²) in [6, 6.07) is 0. The maximum absolute atomic E-state index is 8.03. The molecule has 0 aliphatic heterocycles. The minimum absolute atomic E-state index is 0. The molecule has 0 saturated heterocycles. The molecule has 46 valence electrons. The Kier molecular flexibility index (Phi) is 17.0. The minimum atomic E-state index is 0. The predicted octanol–water partition coefficient (Wildman–Crippen LogP) is -5.31. The van der Waals surface area contributed by atoms with Gasteiger partial charge in [-0.2, -0.15) is 0 Å². The number of hydrogen-bond donors (Lipinski definition) is 2. The van der Waals surface area contributed by atoms with Crippen LogP contribution >= 0.6 is 0 Å². The average molecular weight is 162 g/mol. The first-order valence-corrected chi connectivity index (χ1v) is 2.10. The molecule has 6 heteroatoms. The van der Waals surface area contributed by atoms with Crippen molar-refractivity contribution in [2.75, 3.05) is 0 Å². The van der Waals surface area contributed by atoms with E-state index in [1.807, 2.05) is 0 Å². The van der Waals surface area contributed by atoms with E-state index < -0.39 is 0 Å². The largest absolute Gasteiger partial charge is 1.00 e. The van der Waals surface area contributed by atoms with E-state index in [2.05, 4.69) is 10.3 Å². The summed E-state index contributed by atoms with van der Waals surface area (Å²) in [5, 5.41) is 21.6. The minimum Gasteiger partial charge on any atom is -0.411 e. The quantitative estimate of drug-likeness (QED) is 0.175. The first kappa shape index (κ1) is 17.1. The fraction of sp³-hybridized carbons (Fsp3) is 0.500. The van der Waals surface area contributed by atoms with E-state index in [4.69, 9.17) is 10.4 Å². The first-order chi connectivity index (χ1) is 3.72. The van der Waals surface area contributed by atoms with Gasteiger partial charge in [-0.15, -0.1) is 0 Å². The van der Waals surface area contributed by atoms with Gasteiger partial charge in [0.25, 0.3) is 0 Å². The summed E-state index contributed by atoms with van der Waals surface area (Å²) in [6.45, 7) is 3.07. The summed E-state index contributed by atoms with van der Waals surface area (Å²) in [7, 11) is 0. The Morgan fingerprint density at radius 2 is 1.10 bits per heavy atom. The molecule has 0 bridgehead atoms. The van der Waals surface area contributed by atoms with Crippen LogP contribution in [0.4, 0.5) is 0 Å². The molecule has 0 aliphatic carbocycles. The Morgan fingerprint density at radius 1 is 0.900 bits per heavy atom. The molecule has 0 aromatic carbocycles. The summed E-state index contributed by atoms with van der Waals surface area (Å²) < 4.78 is 0. The second-order valence-electron chi connectivity index (χ2n) is 1.37. The molecule has 0 amide bonds. The van der Waals surface area contributed by atoms with Crippen LogP contribution in [-0.2, 0) is 0 Å². The van der Waals surface area contributed by atoms with Crippen LogP contribution in [0.3, 0.4) is 0 Å². The molecule has 0 spiro atoms. The van der Waals surface area contributed by atoms with Crippen LogP contribution in [0.25, 0.3) is 0 Å². The van der Waals surface area contributed by atoms with Gasteiger partial charge in [-0.3, -0.25) is 0 Å². The molecule has 4 nitrogen and oxygen atoms in total. The standard InChI is InChI=1S/C4H8N2O2.2Na/c1-3(5-7)4(2)6-8;;/h7-8H,1-2H3;;/q;2*+1. The molecule has 10 heavy (non-hydrogen) atoms. The molecule has 0 unspecified atom stereocenters. The number of rotatable bonds is 1. The van der Waals surface area contributed by atoms with E-state index in [0.29, 0.717) is 11.4 Å².